The first-order valence-corrected chi connectivity index (χ1v) is 5.38. The van der Waals surface area contributed by atoms with Gasteiger partial charge in [0.2, 0.25) is 0 Å². The van der Waals surface area contributed by atoms with Crippen molar-refractivity contribution in [1.82, 2.24) is 0 Å². The molecule has 0 spiro atoms. The first-order valence-electron chi connectivity index (χ1n) is 5.38. The fourth-order valence-corrected chi connectivity index (χ4v) is 1.27. The molecule has 0 N–H and O–H groups in total. The maximum Gasteiger partial charge on any atom is 0.0622 e. The summed E-state index contributed by atoms with van der Waals surface area (Å²) in [4.78, 5) is 0. The first kappa shape index (κ1) is 13.0. The summed E-state index contributed by atoms with van der Waals surface area (Å²) in [6.07, 6.45) is 4.99. The largest absolute Gasteiger partial charge is 0.379 e. The lowest BCUT2D eigenvalue weighted by molar-refractivity contribution is 0.0114. The Labute approximate surface area is 83.9 Å². The molecule has 1 nitrogen and oxygen atoms in total. The van der Waals surface area contributed by atoms with Crippen LogP contribution in [-0.4, -0.2) is 12.7 Å². The molecular weight excluding hydrogens is 160 g/mol. The second-order valence-electron chi connectivity index (χ2n) is 5.34. The molecule has 0 unspecified atom stereocenters. The maximum absolute atomic E-state index is 5.39. The molecule has 0 aliphatic heterocycles. The van der Waals surface area contributed by atoms with E-state index >= 15 is 0 Å². The molecule has 0 aliphatic rings. The van der Waals surface area contributed by atoms with Gasteiger partial charge in [-0.05, 0) is 32.1 Å². The van der Waals surface area contributed by atoms with Crippen LogP contribution in [0.25, 0.3) is 0 Å². The van der Waals surface area contributed by atoms with Crippen LogP contribution in [-0.2, 0) is 4.74 Å². The molecule has 80 valence electrons. The highest BCUT2D eigenvalue weighted by Gasteiger charge is 2.19. The van der Waals surface area contributed by atoms with E-state index in [0.717, 1.165) is 6.42 Å². The van der Waals surface area contributed by atoms with Crippen LogP contribution in [0, 0.1) is 5.41 Å². The molecule has 0 aromatic rings. The second-order valence-corrected chi connectivity index (χ2v) is 5.34. The van der Waals surface area contributed by atoms with Gasteiger partial charge in [-0.25, -0.2) is 0 Å². The topological polar surface area (TPSA) is 9.23 Å². The lowest BCUT2D eigenvalue weighted by atomic mass is 9.83. The van der Waals surface area contributed by atoms with Gasteiger partial charge in [0.25, 0.3) is 0 Å². The Hall–Kier alpha value is -0.0400. The molecule has 0 bridgehead atoms. The Bertz CT molecular complexity index is 120. The fraction of sp³-hybridized carbons (Fsp3) is 1.00. The summed E-state index contributed by atoms with van der Waals surface area (Å²) >= 11 is 0. The van der Waals surface area contributed by atoms with Crippen LogP contribution < -0.4 is 0 Å². The molecule has 0 fully saturated rings. The SMILES string of the molecule is CCC(C)(C)CCCC(C)(C)OC. The van der Waals surface area contributed by atoms with Crippen molar-refractivity contribution < 1.29 is 4.74 Å². The summed E-state index contributed by atoms with van der Waals surface area (Å²) in [5, 5.41) is 0. The van der Waals surface area contributed by atoms with E-state index in [9.17, 15) is 0 Å². The van der Waals surface area contributed by atoms with E-state index in [0.29, 0.717) is 5.41 Å². The van der Waals surface area contributed by atoms with Crippen molar-refractivity contribution >= 4 is 0 Å². The standard InChI is InChI=1S/C12H26O/c1-7-11(2,3)9-8-10-12(4,5)13-6/h7-10H2,1-6H3. The van der Waals surface area contributed by atoms with Crippen LogP contribution in [0.4, 0.5) is 0 Å². The van der Waals surface area contributed by atoms with E-state index in [1.165, 1.54) is 19.3 Å². The molecule has 0 radical (unpaired) electrons. The molecule has 0 aromatic heterocycles. The van der Waals surface area contributed by atoms with Crippen LogP contribution in [0.3, 0.4) is 0 Å². The van der Waals surface area contributed by atoms with Crippen molar-refractivity contribution in [2.45, 2.75) is 65.9 Å². The molecule has 0 atom stereocenters. The number of hydrogen-bond donors (Lipinski definition) is 0. The molecule has 1 heteroatoms. The van der Waals surface area contributed by atoms with Crippen LogP contribution in [0.15, 0.2) is 0 Å². The van der Waals surface area contributed by atoms with Gasteiger partial charge in [-0.1, -0.05) is 33.6 Å². The Balaban J connectivity index is 3.68. The van der Waals surface area contributed by atoms with Crippen molar-refractivity contribution in [3.05, 3.63) is 0 Å². The van der Waals surface area contributed by atoms with Crippen molar-refractivity contribution in [2.24, 2.45) is 5.41 Å². The molecule has 0 heterocycles. The minimum atomic E-state index is 0.0593. The number of rotatable bonds is 6. The molecule has 0 saturated carbocycles. The minimum absolute atomic E-state index is 0.0593. The Morgan fingerprint density at radius 3 is 1.92 bits per heavy atom. The van der Waals surface area contributed by atoms with Gasteiger partial charge >= 0.3 is 0 Å². The normalized spacial score (nSPS) is 13.4. The summed E-state index contributed by atoms with van der Waals surface area (Å²) in [6, 6.07) is 0. The first-order chi connectivity index (χ1) is 5.83. The van der Waals surface area contributed by atoms with E-state index in [1.807, 2.05) is 0 Å². The van der Waals surface area contributed by atoms with Crippen LogP contribution in [0.2, 0.25) is 0 Å². The van der Waals surface area contributed by atoms with E-state index in [2.05, 4.69) is 34.6 Å². The summed E-state index contributed by atoms with van der Waals surface area (Å²) in [6.45, 7) is 11.3. The molecule has 13 heavy (non-hydrogen) atoms. The van der Waals surface area contributed by atoms with Gasteiger partial charge < -0.3 is 4.74 Å². The van der Waals surface area contributed by atoms with Crippen molar-refractivity contribution in [3.8, 4) is 0 Å². The highest BCUT2D eigenvalue weighted by atomic mass is 16.5. The summed E-state index contributed by atoms with van der Waals surface area (Å²) in [7, 11) is 1.80. The summed E-state index contributed by atoms with van der Waals surface area (Å²) in [5.41, 5.74) is 0.563. The third-order valence-electron chi connectivity index (χ3n) is 3.14. The zero-order chi connectivity index (χ0) is 10.5. The zero-order valence-corrected chi connectivity index (χ0v) is 10.2. The number of methoxy groups -OCH3 is 1. The average Bonchev–Trinajstić information content (AvgIpc) is 2.04. The fourth-order valence-electron chi connectivity index (χ4n) is 1.27. The molecule has 0 aliphatic carbocycles. The zero-order valence-electron chi connectivity index (χ0n) is 10.2. The molecule has 0 saturated heterocycles. The van der Waals surface area contributed by atoms with Gasteiger partial charge in [-0.15, -0.1) is 0 Å². The number of hydrogen-bond acceptors (Lipinski definition) is 1. The molecule has 0 amide bonds. The predicted molar refractivity (Wildman–Crippen MR) is 59.0 cm³/mol. The van der Waals surface area contributed by atoms with Crippen LogP contribution in [0.5, 0.6) is 0 Å². The van der Waals surface area contributed by atoms with Crippen LogP contribution in [0.1, 0.15) is 60.3 Å². The van der Waals surface area contributed by atoms with Crippen molar-refractivity contribution in [2.75, 3.05) is 7.11 Å². The minimum Gasteiger partial charge on any atom is -0.379 e. The molecular formula is C12H26O. The van der Waals surface area contributed by atoms with Gasteiger partial charge in [-0.2, -0.15) is 0 Å². The maximum atomic E-state index is 5.39. The third-order valence-corrected chi connectivity index (χ3v) is 3.14. The number of ether oxygens (including phenoxy) is 1. The third kappa shape index (κ3) is 6.09. The van der Waals surface area contributed by atoms with E-state index in [1.54, 1.807) is 7.11 Å². The summed E-state index contributed by atoms with van der Waals surface area (Å²) < 4.78 is 5.39. The molecule has 0 aromatic carbocycles. The average molecular weight is 186 g/mol. The molecule has 0 rings (SSSR count). The van der Waals surface area contributed by atoms with E-state index in [4.69, 9.17) is 4.74 Å². The van der Waals surface area contributed by atoms with Crippen molar-refractivity contribution in [3.63, 3.8) is 0 Å². The summed E-state index contributed by atoms with van der Waals surface area (Å²) in [5.74, 6) is 0. The van der Waals surface area contributed by atoms with Gasteiger partial charge in [0.1, 0.15) is 0 Å². The van der Waals surface area contributed by atoms with E-state index < -0.39 is 0 Å². The smallest absolute Gasteiger partial charge is 0.0622 e. The Morgan fingerprint density at radius 2 is 1.54 bits per heavy atom. The predicted octanol–water partition coefficient (Wildman–Crippen LogP) is 4.02. The lowest BCUT2D eigenvalue weighted by Gasteiger charge is -2.27. The monoisotopic (exact) mass is 186 g/mol. The lowest BCUT2D eigenvalue weighted by Crippen LogP contribution is -2.23. The second kappa shape index (κ2) is 4.99. The van der Waals surface area contributed by atoms with Crippen LogP contribution >= 0.6 is 0 Å². The quantitative estimate of drug-likeness (QED) is 0.609. The van der Waals surface area contributed by atoms with Crippen molar-refractivity contribution in [1.29, 1.82) is 0 Å². The van der Waals surface area contributed by atoms with Gasteiger partial charge in [0.05, 0.1) is 5.60 Å². The van der Waals surface area contributed by atoms with E-state index in [-0.39, 0.29) is 5.60 Å². The highest BCUT2D eigenvalue weighted by Crippen LogP contribution is 2.29. The van der Waals surface area contributed by atoms with Gasteiger partial charge in [-0.3, -0.25) is 0 Å². The highest BCUT2D eigenvalue weighted by molar-refractivity contribution is 4.72. The Kier molecular flexibility index (Phi) is 4.98. The van der Waals surface area contributed by atoms with Gasteiger partial charge in [0, 0.05) is 7.11 Å². The van der Waals surface area contributed by atoms with Gasteiger partial charge in [0.15, 0.2) is 0 Å². The Morgan fingerprint density at radius 1 is 1.00 bits per heavy atom.